The molecule has 3 atom stereocenters. The minimum atomic E-state index is -0.990. The van der Waals surface area contributed by atoms with Crippen LogP contribution >= 0.6 is 11.3 Å². The van der Waals surface area contributed by atoms with Crippen molar-refractivity contribution in [2.45, 2.75) is 63.8 Å². The Balaban J connectivity index is 1.37. The Morgan fingerprint density at radius 3 is 2.90 bits per heavy atom. The Kier molecular flexibility index (Phi) is 4.62. The number of hydrogen-bond donors (Lipinski definition) is 1. The van der Waals surface area contributed by atoms with Crippen LogP contribution in [-0.4, -0.2) is 45.0 Å². The zero-order valence-electron chi connectivity index (χ0n) is 17.8. The minimum Gasteiger partial charge on any atom is -0.464 e. The van der Waals surface area contributed by atoms with Crippen molar-refractivity contribution < 1.29 is 14.3 Å². The largest absolute Gasteiger partial charge is 0.464 e. The van der Waals surface area contributed by atoms with Crippen molar-refractivity contribution in [2.24, 2.45) is 5.92 Å². The van der Waals surface area contributed by atoms with E-state index in [4.69, 9.17) is 4.42 Å². The van der Waals surface area contributed by atoms with Crippen LogP contribution < -0.4 is 0 Å². The molecule has 30 heavy (non-hydrogen) atoms. The van der Waals surface area contributed by atoms with Crippen molar-refractivity contribution in [1.29, 1.82) is 0 Å². The number of carbonyl (C=O) groups excluding carboxylic acids is 1. The molecule has 0 radical (unpaired) electrons. The Morgan fingerprint density at radius 1 is 1.33 bits per heavy atom. The maximum atomic E-state index is 13.6. The van der Waals surface area contributed by atoms with Crippen molar-refractivity contribution in [3.8, 4) is 11.8 Å². The van der Waals surface area contributed by atoms with Crippen molar-refractivity contribution in [3.63, 3.8) is 0 Å². The van der Waals surface area contributed by atoms with Crippen LogP contribution in [0.15, 0.2) is 28.7 Å². The van der Waals surface area contributed by atoms with Gasteiger partial charge in [0.05, 0.1) is 11.4 Å². The Bertz CT molecular complexity index is 1040. The number of likely N-dealkylation sites (tertiary alicyclic amines) is 1. The van der Waals surface area contributed by atoms with Gasteiger partial charge in [0.2, 0.25) is 5.91 Å². The standard InChI is InChI=1S/C24H28N2O3S/c1-16-5-6-18(29-16)15-25-14-17-13-20(26-12-4-10-24(17,26)22(25)27)21-8-7-19(30-21)9-11-23(2,3)28/h5-8,17,20,28H,4,10,12-15H2,1-3H3/t17-,20-,24-/m0/s1. The lowest BCUT2D eigenvalue weighted by molar-refractivity contribution is -0.137. The van der Waals surface area contributed by atoms with E-state index in [9.17, 15) is 9.90 Å². The molecule has 1 amide bonds. The summed E-state index contributed by atoms with van der Waals surface area (Å²) in [5.74, 6) is 8.39. The summed E-state index contributed by atoms with van der Waals surface area (Å²) in [6, 6.07) is 8.43. The van der Waals surface area contributed by atoms with Gasteiger partial charge in [0, 0.05) is 23.4 Å². The fraction of sp³-hybridized carbons (Fsp3) is 0.542. The molecule has 3 saturated heterocycles. The van der Waals surface area contributed by atoms with Crippen LogP contribution in [0.2, 0.25) is 0 Å². The molecule has 6 heteroatoms. The van der Waals surface area contributed by atoms with Gasteiger partial charge in [0.25, 0.3) is 0 Å². The summed E-state index contributed by atoms with van der Waals surface area (Å²) in [6.45, 7) is 7.68. The average Bonchev–Trinajstić information content (AvgIpc) is 3.45. The molecule has 2 aromatic rings. The smallest absolute Gasteiger partial charge is 0.243 e. The van der Waals surface area contributed by atoms with Gasteiger partial charge in [-0.1, -0.05) is 11.8 Å². The van der Waals surface area contributed by atoms with Gasteiger partial charge in [-0.15, -0.1) is 11.3 Å². The molecule has 3 aliphatic heterocycles. The molecule has 0 bridgehead atoms. The highest BCUT2D eigenvalue weighted by molar-refractivity contribution is 7.12. The maximum absolute atomic E-state index is 13.6. The van der Waals surface area contributed by atoms with E-state index in [2.05, 4.69) is 22.8 Å². The Hall–Kier alpha value is -2.07. The molecule has 5 nitrogen and oxygen atoms in total. The van der Waals surface area contributed by atoms with E-state index in [-0.39, 0.29) is 17.5 Å². The summed E-state index contributed by atoms with van der Waals surface area (Å²) >= 11 is 1.70. The second-order valence-corrected chi connectivity index (χ2v) is 10.5. The van der Waals surface area contributed by atoms with Gasteiger partial charge in [0.15, 0.2) is 0 Å². The highest BCUT2D eigenvalue weighted by atomic mass is 32.1. The van der Waals surface area contributed by atoms with E-state index in [0.717, 1.165) is 48.7 Å². The number of thiophene rings is 1. The number of aryl methyl sites for hydroxylation is 1. The van der Waals surface area contributed by atoms with E-state index < -0.39 is 5.60 Å². The van der Waals surface area contributed by atoms with E-state index in [1.165, 1.54) is 4.88 Å². The minimum absolute atomic E-state index is 0.278. The van der Waals surface area contributed by atoms with Crippen molar-refractivity contribution in [2.75, 3.05) is 13.1 Å². The van der Waals surface area contributed by atoms with Gasteiger partial charge < -0.3 is 14.4 Å². The first-order valence-electron chi connectivity index (χ1n) is 10.7. The van der Waals surface area contributed by atoms with Crippen molar-refractivity contribution in [1.82, 2.24) is 9.80 Å². The average molecular weight is 425 g/mol. The lowest BCUT2D eigenvalue weighted by Crippen LogP contribution is -2.49. The third-order valence-corrected chi connectivity index (χ3v) is 7.82. The predicted molar refractivity (Wildman–Crippen MR) is 116 cm³/mol. The molecule has 158 valence electrons. The zero-order chi connectivity index (χ0) is 21.1. The quantitative estimate of drug-likeness (QED) is 0.764. The molecule has 0 unspecified atom stereocenters. The highest BCUT2D eigenvalue weighted by Crippen LogP contribution is 2.56. The normalized spacial score (nSPS) is 28.5. The monoisotopic (exact) mass is 424 g/mol. The number of aliphatic hydroxyl groups is 1. The van der Waals surface area contributed by atoms with Crippen LogP contribution in [0.5, 0.6) is 0 Å². The van der Waals surface area contributed by atoms with E-state index in [1.807, 2.05) is 30.0 Å². The van der Waals surface area contributed by atoms with Gasteiger partial charge in [-0.3, -0.25) is 9.69 Å². The molecule has 0 aliphatic carbocycles. The summed E-state index contributed by atoms with van der Waals surface area (Å²) in [4.78, 5) is 20.3. The zero-order valence-corrected chi connectivity index (χ0v) is 18.6. The lowest BCUT2D eigenvalue weighted by Gasteiger charge is -2.33. The van der Waals surface area contributed by atoms with Crippen LogP contribution in [0.4, 0.5) is 0 Å². The molecule has 1 N–H and O–H groups in total. The first-order chi connectivity index (χ1) is 14.3. The van der Waals surface area contributed by atoms with Crippen LogP contribution in [0, 0.1) is 24.7 Å². The summed E-state index contributed by atoms with van der Waals surface area (Å²) in [5.41, 5.74) is -1.33. The maximum Gasteiger partial charge on any atom is 0.243 e. The predicted octanol–water partition coefficient (Wildman–Crippen LogP) is 3.71. The molecule has 1 spiro atoms. The van der Waals surface area contributed by atoms with E-state index in [0.29, 0.717) is 12.5 Å². The summed E-state index contributed by atoms with van der Waals surface area (Å²) in [6.07, 6.45) is 3.04. The molecule has 0 saturated carbocycles. The summed E-state index contributed by atoms with van der Waals surface area (Å²) in [7, 11) is 0. The number of amides is 1. The number of hydrogen-bond acceptors (Lipinski definition) is 5. The molecule has 3 aliphatic rings. The molecule has 3 fully saturated rings. The SMILES string of the molecule is Cc1ccc(CN2C[C@@H]3C[C@@H](c4ccc(C#CC(C)(C)O)s4)N4CCC[C@@]34C2=O)o1. The molecule has 5 heterocycles. The fourth-order valence-corrected chi connectivity index (χ4v) is 6.54. The van der Waals surface area contributed by atoms with E-state index in [1.54, 1.807) is 25.2 Å². The van der Waals surface area contributed by atoms with Gasteiger partial charge in [-0.2, -0.15) is 0 Å². The summed E-state index contributed by atoms with van der Waals surface area (Å²) < 4.78 is 5.73. The number of rotatable bonds is 3. The van der Waals surface area contributed by atoms with E-state index >= 15 is 0 Å². The number of nitrogens with zero attached hydrogens (tertiary/aromatic N) is 2. The van der Waals surface area contributed by atoms with Crippen LogP contribution in [0.1, 0.15) is 60.4 Å². The Morgan fingerprint density at radius 2 is 2.17 bits per heavy atom. The van der Waals surface area contributed by atoms with Crippen LogP contribution in [0.3, 0.4) is 0 Å². The van der Waals surface area contributed by atoms with Crippen LogP contribution in [0.25, 0.3) is 0 Å². The third kappa shape index (κ3) is 3.20. The number of furan rings is 1. The summed E-state index contributed by atoms with van der Waals surface area (Å²) in [5, 5.41) is 9.86. The van der Waals surface area contributed by atoms with Gasteiger partial charge in [-0.05, 0) is 70.8 Å². The first-order valence-corrected chi connectivity index (χ1v) is 11.5. The molecular formula is C24H28N2O3S. The van der Waals surface area contributed by atoms with Gasteiger partial charge in [-0.25, -0.2) is 0 Å². The lowest BCUT2D eigenvalue weighted by atomic mass is 9.85. The highest BCUT2D eigenvalue weighted by Gasteiger charge is 2.65. The van der Waals surface area contributed by atoms with Crippen molar-refractivity contribution in [3.05, 3.63) is 45.5 Å². The molecular weight excluding hydrogens is 396 g/mol. The Labute approximate surface area is 181 Å². The second-order valence-electron chi connectivity index (χ2n) is 9.38. The van der Waals surface area contributed by atoms with Gasteiger partial charge >= 0.3 is 0 Å². The third-order valence-electron chi connectivity index (χ3n) is 6.72. The fourth-order valence-electron chi connectivity index (χ4n) is 5.56. The topological polar surface area (TPSA) is 56.9 Å². The second kappa shape index (κ2) is 6.98. The number of carbonyl (C=O) groups is 1. The molecule has 5 rings (SSSR count). The van der Waals surface area contributed by atoms with Crippen molar-refractivity contribution >= 4 is 17.2 Å². The molecule has 0 aromatic carbocycles. The van der Waals surface area contributed by atoms with Gasteiger partial charge in [0.1, 0.15) is 22.7 Å². The van der Waals surface area contributed by atoms with Crippen LogP contribution in [-0.2, 0) is 11.3 Å². The first kappa shape index (κ1) is 19.9. The molecule has 2 aromatic heterocycles.